The van der Waals surface area contributed by atoms with Crippen LogP contribution in [-0.4, -0.2) is 9.36 Å². The lowest BCUT2D eigenvalue weighted by atomic mass is 10.5. The molecule has 1 fully saturated rings. The quantitative estimate of drug-likeness (QED) is 0.593. The van der Waals surface area contributed by atoms with Crippen molar-refractivity contribution in [3.05, 3.63) is 10.8 Å². The molecule has 0 unspecified atom stereocenters. The maximum atomic E-state index is 4.28. The molecule has 0 atom stereocenters. The van der Waals surface area contributed by atoms with E-state index in [4.69, 9.17) is 0 Å². The van der Waals surface area contributed by atoms with Gasteiger partial charge in [-0.2, -0.15) is 4.37 Å². The van der Waals surface area contributed by atoms with Crippen LogP contribution in [0.1, 0.15) is 29.6 Å². The minimum atomic E-state index is 0.774. The highest BCUT2D eigenvalue weighted by molar-refractivity contribution is 7.05. The Kier molecular flexibility index (Phi) is 1.05. The van der Waals surface area contributed by atoms with Gasteiger partial charge in [0.25, 0.3) is 0 Å². The standard InChI is InChI=1S/C6H8N2S/c1-4-7-6(9-8-4)5-2-3-5/h5H,2-3H2,1H3. The first-order chi connectivity index (χ1) is 4.36. The molecule has 1 saturated carbocycles. The van der Waals surface area contributed by atoms with Crippen LogP contribution in [0.5, 0.6) is 0 Å². The SMILES string of the molecule is Cc1nsc(C2CC2)n1. The van der Waals surface area contributed by atoms with E-state index in [1.807, 2.05) is 6.92 Å². The van der Waals surface area contributed by atoms with Crippen LogP contribution in [0.15, 0.2) is 0 Å². The fourth-order valence-electron chi connectivity index (χ4n) is 0.809. The lowest BCUT2D eigenvalue weighted by molar-refractivity contribution is 1.04. The van der Waals surface area contributed by atoms with Crippen molar-refractivity contribution < 1.29 is 0 Å². The second kappa shape index (κ2) is 1.77. The van der Waals surface area contributed by atoms with Gasteiger partial charge in [-0.1, -0.05) is 0 Å². The van der Waals surface area contributed by atoms with Crippen molar-refractivity contribution in [1.82, 2.24) is 9.36 Å². The van der Waals surface area contributed by atoms with E-state index >= 15 is 0 Å². The highest BCUT2D eigenvalue weighted by atomic mass is 32.1. The van der Waals surface area contributed by atoms with E-state index in [1.54, 1.807) is 11.5 Å². The average molecular weight is 140 g/mol. The van der Waals surface area contributed by atoms with Gasteiger partial charge in [0, 0.05) is 5.92 Å². The monoisotopic (exact) mass is 140 g/mol. The third kappa shape index (κ3) is 0.965. The summed E-state index contributed by atoms with van der Waals surface area (Å²) in [5.41, 5.74) is 0. The van der Waals surface area contributed by atoms with E-state index in [1.165, 1.54) is 17.8 Å². The molecule has 3 heteroatoms. The molecule has 0 spiro atoms. The summed E-state index contributed by atoms with van der Waals surface area (Å²) in [6.07, 6.45) is 2.66. The Morgan fingerprint density at radius 1 is 1.56 bits per heavy atom. The Balaban J connectivity index is 2.28. The largest absolute Gasteiger partial charge is 0.225 e. The lowest BCUT2D eigenvalue weighted by Crippen LogP contribution is -1.75. The van der Waals surface area contributed by atoms with Crippen molar-refractivity contribution in [2.45, 2.75) is 25.7 Å². The highest BCUT2D eigenvalue weighted by Crippen LogP contribution is 2.40. The van der Waals surface area contributed by atoms with Gasteiger partial charge in [-0.05, 0) is 31.3 Å². The van der Waals surface area contributed by atoms with Crippen molar-refractivity contribution in [2.24, 2.45) is 0 Å². The minimum Gasteiger partial charge on any atom is -0.225 e. The first-order valence-corrected chi connectivity index (χ1v) is 3.94. The Labute approximate surface area is 58.1 Å². The number of aryl methyl sites for hydroxylation is 1. The van der Waals surface area contributed by atoms with Gasteiger partial charge in [0.05, 0.1) is 0 Å². The molecule has 0 aromatic carbocycles. The van der Waals surface area contributed by atoms with Gasteiger partial charge in [-0.3, -0.25) is 0 Å². The lowest BCUT2D eigenvalue weighted by Gasteiger charge is -1.80. The zero-order chi connectivity index (χ0) is 6.27. The predicted octanol–water partition coefficient (Wildman–Crippen LogP) is 1.72. The summed E-state index contributed by atoms with van der Waals surface area (Å²) in [5.74, 6) is 1.71. The first kappa shape index (κ1) is 5.35. The first-order valence-electron chi connectivity index (χ1n) is 3.16. The summed E-state index contributed by atoms with van der Waals surface area (Å²) in [6.45, 7) is 1.95. The maximum Gasteiger partial charge on any atom is 0.139 e. The van der Waals surface area contributed by atoms with Crippen LogP contribution in [0.25, 0.3) is 0 Å². The molecule has 2 nitrogen and oxygen atoms in total. The summed E-state index contributed by atoms with van der Waals surface area (Å²) in [4.78, 5) is 4.28. The molecule has 1 aliphatic carbocycles. The molecule has 1 aliphatic rings. The van der Waals surface area contributed by atoms with Crippen LogP contribution in [0.3, 0.4) is 0 Å². The highest BCUT2D eigenvalue weighted by Gasteiger charge is 2.26. The fraction of sp³-hybridized carbons (Fsp3) is 0.667. The fourth-order valence-corrected chi connectivity index (χ4v) is 1.63. The number of hydrogen-bond acceptors (Lipinski definition) is 3. The molecular weight excluding hydrogens is 132 g/mol. The molecule has 0 aliphatic heterocycles. The predicted molar refractivity (Wildman–Crippen MR) is 36.6 cm³/mol. The van der Waals surface area contributed by atoms with Crippen LogP contribution in [-0.2, 0) is 0 Å². The smallest absolute Gasteiger partial charge is 0.139 e. The van der Waals surface area contributed by atoms with Crippen molar-refractivity contribution in [1.29, 1.82) is 0 Å². The molecule has 0 saturated heterocycles. The van der Waals surface area contributed by atoms with Crippen LogP contribution in [0, 0.1) is 6.92 Å². The number of hydrogen-bond donors (Lipinski definition) is 0. The molecule has 48 valence electrons. The van der Waals surface area contributed by atoms with Crippen molar-refractivity contribution in [3.63, 3.8) is 0 Å². The topological polar surface area (TPSA) is 25.8 Å². The van der Waals surface area contributed by atoms with Crippen LogP contribution in [0.2, 0.25) is 0 Å². The van der Waals surface area contributed by atoms with E-state index in [0.717, 1.165) is 11.7 Å². The molecule has 2 rings (SSSR count). The molecule has 0 bridgehead atoms. The number of aromatic nitrogens is 2. The van der Waals surface area contributed by atoms with Gasteiger partial charge in [-0.15, -0.1) is 0 Å². The molecule has 1 heterocycles. The Morgan fingerprint density at radius 3 is 2.78 bits per heavy atom. The zero-order valence-electron chi connectivity index (χ0n) is 5.29. The van der Waals surface area contributed by atoms with Gasteiger partial charge < -0.3 is 0 Å². The van der Waals surface area contributed by atoms with E-state index in [0.29, 0.717) is 0 Å². The minimum absolute atomic E-state index is 0.774. The molecule has 1 aromatic rings. The van der Waals surface area contributed by atoms with Gasteiger partial charge in [0.1, 0.15) is 10.8 Å². The summed E-state index contributed by atoms with van der Waals surface area (Å²) >= 11 is 1.56. The Bertz CT molecular complexity index is 215. The average Bonchev–Trinajstić information content (AvgIpc) is 2.58. The zero-order valence-corrected chi connectivity index (χ0v) is 6.11. The summed E-state index contributed by atoms with van der Waals surface area (Å²) < 4.78 is 4.11. The third-order valence-electron chi connectivity index (χ3n) is 1.47. The van der Waals surface area contributed by atoms with Crippen LogP contribution >= 0.6 is 11.5 Å². The Morgan fingerprint density at radius 2 is 2.33 bits per heavy atom. The second-order valence-electron chi connectivity index (χ2n) is 2.45. The van der Waals surface area contributed by atoms with Gasteiger partial charge in [0.15, 0.2) is 0 Å². The van der Waals surface area contributed by atoms with Crippen LogP contribution < -0.4 is 0 Å². The molecule has 0 N–H and O–H groups in total. The van der Waals surface area contributed by atoms with Gasteiger partial charge in [-0.25, -0.2) is 4.98 Å². The number of nitrogens with zero attached hydrogens (tertiary/aromatic N) is 2. The van der Waals surface area contributed by atoms with Crippen LogP contribution in [0.4, 0.5) is 0 Å². The molecule has 9 heavy (non-hydrogen) atoms. The van der Waals surface area contributed by atoms with Crippen molar-refractivity contribution in [3.8, 4) is 0 Å². The summed E-state index contributed by atoms with van der Waals surface area (Å²) in [6, 6.07) is 0. The molecule has 0 amide bonds. The Hall–Kier alpha value is -0.440. The maximum absolute atomic E-state index is 4.28. The van der Waals surface area contributed by atoms with E-state index in [9.17, 15) is 0 Å². The van der Waals surface area contributed by atoms with Gasteiger partial charge >= 0.3 is 0 Å². The number of rotatable bonds is 1. The molecule has 0 radical (unpaired) electrons. The van der Waals surface area contributed by atoms with Crippen molar-refractivity contribution >= 4 is 11.5 Å². The third-order valence-corrected chi connectivity index (χ3v) is 2.44. The molecular formula is C6H8N2S. The van der Waals surface area contributed by atoms with E-state index < -0.39 is 0 Å². The van der Waals surface area contributed by atoms with Gasteiger partial charge in [0.2, 0.25) is 0 Å². The van der Waals surface area contributed by atoms with Crippen molar-refractivity contribution in [2.75, 3.05) is 0 Å². The summed E-state index contributed by atoms with van der Waals surface area (Å²) in [7, 11) is 0. The van der Waals surface area contributed by atoms with E-state index in [2.05, 4.69) is 9.36 Å². The molecule has 1 aromatic heterocycles. The van der Waals surface area contributed by atoms with E-state index in [-0.39, 0.29) is 0 Å². The normalized spacial score (nSPS) is 18.3. The second-order valence-corrected chi connectivity index (χ2v) is 3.24. The summed E-state index contributed by atoms with van der Waals surface area (Å²) in [5, 5.41) is 1.24.